The van der Waals surface area contributed by atoms with Gasteiger partial charge in [0.2, 0.25) is 10.0 Å². The summed E-state index contributed by atoms with van der Waals surface area (Å²) in [6.07, 6.45) is 0. The zero-order chi connectivity index (χ0) is 20.0. The van der Waals surface area contributed by atoms with Crippen LogP contribution in [0, 0.1) is 0 Å². The highest BCUT2D eigenvalue weighted by Crippen LogP contribution is 2.15. The summed E-state index contributed by atoms with van der Waals surface area (Å²) in [5, 5.41) is 2.76. The van der Waals surface area contributed by atoms with Crippen molar-refractivity contribution in [3.63, 3.8) is 0 Å². The van der Waals surface area contributed by atoms with E-state index in [1.165, 1.54) is 24.3 Å². The van der Waals surface area contributed by atoms with Gasteiger partial charge in [-0.05, 0) is 54.1 Å². The number of amides is 1. The van der Waals surface area contributed by atoms with E-state index in [4.69, 9.17) is 4.74 Å². The number of carbonyl (C=O) groups excluding carboxylic acids is 1. The monoisotopic (exact) mass is 396 g/mol. The molecule has 0 saturated carbocycles. The summed E-state index contributed by atoms with van der Waals surface area (Å²) in [6.45, 7) is 0.155. The van der Waals surface area contributed by atoms with Gasteiger partial charge in [0.05, 0.1) is 12.0 Å². The Balaban J connectivity index is 1.64. The average molecular weight is 396 g/mol. The molecule has 0 spiro atoms. The molecular formula is C21H20N2O4S. The van der Waals surface area contributed by atoms with Crippen molar-refractivity contribution in [2.24, 2.45) is 0 Å². The molecule has 3 aromatic rings. The maximum atomic E-state index is 12.5. The highest BCUT2D eigenvalue weighted by Gasteiger charge is 2.15. The number of hydrogen-bond donors (Lipinski definition) is 2. The molecule has 0 aliphatic rings. The number of ether oxygens (including phenoxy) is 1. The molecule has 0 aliphatic heterocycles. The van der Waals surface area contributed by atoms with Gasteiger partial charge < -0.3 is 10.1 Å². The molecule has 1 amide bonds. The van der Waals surface area contributed by atoms with E-state index < -0.39 is 10.0 Å². The van der Waals surface area contributed by atoms with E-state index in [9.17, 15) is 13.2 Å². The molecule has 0 unspecified atom stereocenters. The van der Waals surface area contributed by atoms with Gasteiger partial charge in [-0.15, -0.1) is 0 Å². The predicted molar refractivity (Wildman–Crippen MR) is 108 cm³/mol. The quantitative estimate of drug-likeness (QED) is 0.641. The van der Waals surface area contributed by atoms with Crippen LogP contribution in [0.25, 0.3) is 0 Å². The summed E-state index contributed by atoms with van der Waals surface area (Å²) in [6, 6.07) is 22.0. The maximum absolute atomic E-state index is 12.5. The van der Waals surface area contributed by atoms with Crippen LogP contribution in [0.15, 0.2) is 83.8 Å². The van der Waals surface area contributed by atoms with Crippen LogP contribution in [0.5, 0.6) is 5.75 Å². The first kappa shape index (κ1) is 19.6. The normalized spacial score (nSPS) is 11.0. The molecule has 2 N–H and O–H groups in total. The van der Waals surface area contributed by atoms with Crippen molar-refractivity contribution in [1.82, 2.24) is 4.72 Å². The molecule has 3 rings (SSSR count). The van der Waals surface area contributed by atoms with E-state index >= 15 is 0 Å². The second-order valence-electron chi connectivity index (χ2n) is 6.02. The third kappa shape index (κ3) is 4.97. The number of rotatable bonds is 7. The van der Waals surface area contributed by atoms with Crippen molar-refractivity contribution in [2.75, 3.05) is 12.4 Å². The minimum absolute atomic E-state index is 0.0947. The van der Waals surface area contributed by atoms with Crippen molar-refractivity contribution in [3.05, 3.63) is 90.0 Å². The average Bonchev–Trinajstić information content (AvgIpc) is 2.73. The van der Waals surface area contributed by atoms with Crippen LogP contribution in [0.1, 0.15) is 15.9 Å². The first-order valence-electron chi connectivity index (χ1n) is 8.57. The summed E-state index contributed by atoms with van der Waals surface area (Å²) in [4.78, 5) is 12.3. The zero-order valence-corrected chi connectivity index (χ0v) is 16.1. The smallest absolute Gasteiger partial charge is 0.255 e. The molecule has 0 fully saturated rings. The van der Waals surface area contributed by atoms with E-state index in [1.54, 1.807) is 43.5 Å². The molecule has 3 aromatic carbocycles. The Morgan fingerprint density at radius 3 is 2.14 bits per heavy atom. The van der Waals surface area contributed by atoms with Crippen LogP contribution in [0.2, 0.25) is 0 Å². The van der Waals surface area contributed by atoms with Crippen LogP contribution in [-0.4, -0.2) is 21.4 Å². The second kappa shape index (κ2) is 8.69. The van der Waals surface area contributed by atoms with Gasteiger partial charge in [-0.1, -0.05) is 30.3 Å². The van der Waals surface area contributed by atoms with Gasteiger partial charge in [0.15, 0.2) is 0 Å². The van der Waals surface area contributed by atoms with Crippen LogP contribution in [0.4, 0.5) is 5.69 Å². The topological polar surface area (TPSA) is 84.5 Å². The fourth-order valence-corrected chi connectivity index (χ4v) is 3.53. The second-order valence-corrected chi connectivity index (χ2v) is 7.78. The number of benzene rings is 3. The summed E-state index contributed by atoms with van der Waals surface area (Å²) in [7, 11) is -2.12. The third-order valence-electron chi connectivity index (χ3n) is 4.08. The van der Waals surface area contributed by atoms with Gasteiger partial charge in [-0.25, -0.2) is 13.1 Å². The van der Waals surface area contributed by atoms with Crippen molar-refractivity contribution in [1.29, 1.82) is 0 Å². The highest BCUT2D eigenvalue weighted by molar-refractivity contribution is 7.89. The van der Waals surface area contributed by atoms with E-state index in [2.05, 4.69) is 10.0 Å². The molecule has 144 valence electrons. The van der Waals surface area contributed by atoms with E-state index in [1.807, 2.05) is 18.2 Å². The zero-order valence-electron chi connectivity index (χ0n) is 15.3. The lowest BCUT2D eigenvalue weighted by molar-refractivity contribution is 0.102. The van der Waals surface area contributed by atoms with Crippen LogP contribution in [0.3, 0.4) is 0 Å². The van der Waals surface area contributed by atoms with Crippen molar-refractivity contribution < 1.29 is 17.9 Å². The standard InChI is InChI=1S/C21H20N2O4S/c1-27-19-11-7-16(8-12-19)15-22-28(25,26)20-13-9-17(10-14-20)21(24)23-18-5-3-2-4-6-18/h2-14,22H,15H2,1H3,(H,23,24). The lowest BCUT2D eigenvalue weighted by Crippen LogP contribution is -2.23. The molecule has 0 aliphatic carbocycles. The molecule has 0 atom stereocenters. The molecule has 0 aromatic heterocycles. The highest BCUT2D eigenvalue weighted by atomic mass is 32.2. The van der Waals surface area contributed by atoms with Gasteiger partial charge in [0, 0.05) is 17.8 Å². The molecule has 0 heterocycles. The summed E-state index contributed by atoms with van der Waals surface area (Å²) >= 11 is 0. The Kier molecular flexibility index (Phi) is 6.08. The van der Waals surface area contributed by atoms with Crippen LogP contribution >= 0.6 is 0 Å². The van der Waals surface area contributed by atoms with Gasteiger partial charge in [-0.2, -0.15) is 0 Å². The van der Waals surface area contributed by atoms with Gasteiger partial charge in [0.25, 0.3) is 5.91 Å². The van der Waals surface area contributed by atoms with Crippen molar-refractivity contribution in [2.45, 2.75) is 11.4 Å². The van der Waals surface area contributed by atoms with Crippen molar-refractivity contribution in [3.8, 4) is 5.75 Å². The van der Waals surface area contributed by atoms with E-state index in [0.29, 0.717) is 17.0 Å². The van der Waals surface area contributed by atoms with Crippen molar-refractivity contribution >= 4 is 21.6 Å². The number of methoxy groups -OCH3 is 1. The fraction of sp³-hybridized carbons (Fsp3) is 0.0952. The van der Waals surface area contributed by atoms with Gasteiger partial charge in [0.1, 0.15) is 5.75 Å². The molecule has 0 saturated heterocycles. The lowest BCUT2D eigenvalue weighted by atomic mass is 10.2. The number of nitrogens with one attached hydrogen (secondary N) is 2. The Bertz CT molecular complexity index is 1030. The third-order valence-corrected chi connectivity index (χ3v) is 5.50. The molecular weight excluding hydrogens is 376 g/mol. The van der Waals surface area contributed by atoms with Crippen LogP contribution < -0.4 is 14.8 Å². The summed E-state index contributed by atoms with van der Waals surface area (Å²) < 4.78 is 32.6. The first-order valence-corrected chi connectivity index (χ1v) is 10.1. The number of carbonyl (C=O) groups is 1. The molecule has 6 nitrogen and oxygen atoms in total. The Morgan fingerprint density at radius 1 is 0.893 bits per heavy atom. The Morgan fingerprint density at radius 2 is 1.54 bits per heavy atom. The number of hydrogen-bond acceptors (Lipinski definition) is 4. The van der Waals surface area contributed by atoms with E-state index in [0.717, 1.165) is 5.56 Å². The fourth-order valence-electron chi connectivity index (χ4n) is 2.52. The maximum Gasteiger partial charge on any atom is 0.255 e. The minimum Gasteiger partial charge on any atom is -0.497 e. The van der Waals surface area contributed by atoms with Crippen LogP contribution in [-0.2, 0) is 16.6 Å². The Labute approximate surface area is 164 Å². The predicted octanol–water partition coefficient (Wildman–Crippen LogP) is 3.43. The first-order chi connectivity index (χ1) is 13.5. The molecule has 28 heavy (non-hydrogen) atoms. The van der Waals surface area contributed by atoms with Gasteiger partial charge >= 0.3 is 0 Å². The summed E-state index contributed by atoms with van der Waals surface area (Å²) in [5.41, 5.74) is 1.85. The van der Waals surface area contributed by atoms with E-state index in [-0.39, 0.29) is 17.3 Å². The summed E-state index contributed by atoms with van der Waals surface area (Å²) in [5.74, 6) is 0.400. The minimum atomic E-state index is -3.69. The SMILES string of the molecule is COc1ccc(CNS(=O)(=O)c2ccc(C(=O)Nc3ccccc3)cc2)cc1. The number of sulfonamides is 1. The largest absolute Gasteiger partial charge is 0.497 e. The van der Waals surface area contributed by atoms with Gasteiger partial charge in [-0.3, -0.25) is 4.79 Å². The molecule has 0 radical (unpaired) electrons. The molecule has 7 heteroatoms. The molecule has 0 bridgehead atoms. The number of para-hydroxylation sites is 1. The lowest BCUT2D eigenvalue weighted by Gasteiger charge is -2.09. The number of anilines is 1. The Hall–Kier alpha value is -3.16.